The van der Waals surface area contributed by atoms with E-state index in [1.165, 1.54) is 11.3 Å². The third-order valence-corrected chi connectivity index (χ3v) is 4.28. The van der Waals surface area contributed by atoms with E-state index in [-0.39, 0.29) is 5.91 Å². The molecule has 1 heterocycles. The van der Waals surface area contributed by atoms with Crippen LogP contribution in [0.4, 0.5) is 5.13 Å². The summed E-state index contributed by atoms with van der Waals surface area (Å²) in [5.74, 6) is -0.149. The van der Waals surface area contributed by atoms with E-state index in [9.17, 15) is 4.79 Å². The summed E-state index contributed by atoms with van der Waals surface area (Å²) in [6.45, 7) is 0.390. The number of nitrogens with zero attached hydrogens (tertiary/aromatic N) is 1. The van der Waals surface area contributed by atoms with Crippen LogP contribution in [0.3, 0.4) is 0 Å². The average Bonchev–Trinajstić information content (AvgIpc) is 2.85. The van der Waals surface area contributed by atoms with Crippen LogP contribution in [0.2, 0.25) is 5.02 Å². The summed E-state index contributed by atoms with van der Waals surface area (Å²) in [7, 11) is 0. The van der Waals surface area contributed by atoms with Crippen LogP contribution >= 0.6 is 22.9 Å². The molecule has 21 heavy (non-hydrogen) atoms. The van der Waals surface area contributed by atoms with E-state index in [4.69, 9.17) is 17.3 Å². The van der Waals surface area contributed by atoms with Crippen LogP contribution in [-0.2, 0) is 6.54 Å². The van der Waals surface area contributed by atoms with Crippen LogP contribution in [0, 0.1) is 0 Å². The van der Waals surface area contributed by atoms with Crippen molar-refractivity contribution in [1.82, 2.24) is 10.3 Å². The van der Waals surface area contributed by atoms with Gasteiger partial charge < -0.3 is 11.1 Å². The van der Waals surface area contributed by atoms with Gasteiger partial charge in [0.25, 0.3) is 5.91 Å². The number of hydrogen-bond donors (Lipinski definition) is 2. The first-order chi connectivity index (χ1) is 10.1. The number of anilines is 1. The Kier molecular flexibility index (Phi) is 3.77. The predicted octanol–water partition coefficient (Wildman–Crippen LogP) is 3.46. The number of rotatable bonds is 3. The predicted molar refractivity (Wildman–Crippen MR) is 86.7 cm³/mol. The SMILES string of the molecule is Nc1nc2ccc(C(=O)NCc3ccccc3Cl)cc2s1. The van der Waals surface area contributed by atoms with E-state index in [0.29, 0.717) is 22.3 Å². The summed E-state index contributed by atoms with van der Waals surface area (Å²) in [5, 5.41) is 4.00. The summed E-state index contributed by atoms with van der Waals surface area (Å²) < 4.78 is 0.901. The van der Waals surface area contributed by atoms with E-state index >= 15 is 0 Å². The number of aromatic nitrogens is 1. The molecule has 106 valence electrons. The summed E-state index contributed by atoms with van der Waals surface area (Å²) in [6, 6.07) is 12.8. The van der Waals surface area contributed by atoms with Crippen molar-refractivity contribution in [2.24, 2.45) is 0 Å². The van der Waals surface area contributed by atoms with E-state index in [1.807, 2.05) is 18.2 Å². The summed E-state index contributed by atoms with van der Waals surface area (Å²) >= 11 is 7.43. The molecule has 3 N–H and O–H groups in total. The third kappa shape index (κ3) is 2.99. The highest BCUT2D eigenvalue weighted by molar-refractivity contribution is 7.22. The van der Waals surface area contributed by atoms with Gasteiger partial charge >= 0.3 is 0 Å². The van der Waals surface area contributed by atoms with Gasteiger partial charge in [-0.15, -0.1) is 0 Å². The van der Waals surface area contributed by atoms with E-state index < -0.39 is 0 Å². The maximum absolute atomic E-state index is 12.2. The zero-order chi connectivity index (χ0) is 14.8. The topological polar surface area (TPSA) is 68.0 Å². The standard InChI is InChI=1S/C15H12ClN3OS/c16-11-4-2-1-3-10(11)8-18-14(20)9-5-6-12-13(7-9)21-15(17)19-12/h1-7H,8H2,(H2,17,19)(H,18,20). The fraction of sp³-hybridized carbons (Fsp3) is 0.0667. The number of benzene rings is 2. The fourth-order valence-corrected chi connectivity index (χ4v) is 2.98. The van der Waals surface area contributed by atoms with Crippen molar-refractivity contribution in [2.45, 2.75) is 6.54 Å². The summed E-state index contributed by atoms with van der Waals surface area (Å²) in [5.41, 5.74) is 7.93. The Morgan fingerprint density at radius 3 is 2.90 bits per heavy atom. The van der Waals surface area contributed by atoms with Crippen molar-refractivity contribution in [2.75, 3.05) is 5.73 Å². The number of carbonyl (C=O) groups excluding carboxylic acids is 1. The van der Waals surface area contributed by atoms with Crippen LogP contribution in [0.25, 0.3) is 10.2 Å². The maximum atomic E-state index is 12.2. The van der Waals surface area contributed by atoms with Crippen molar-refractivity contribution < 1.29 is 4.79 Å². The van der Waals surface area contributed by atoms with Gasteiger partial charge in [-0.3, -0.25) is 4.79 Å². The van der Waals surface area contributed by atoms with E-state index in [2.05, 4.69) is 10.3 Å². The molecule has 2 aromatic carbocycles. The van der Waals surface area contributed by atoms with Gasteiger partial charge in [-0.1, -0.05) is 41.1 Å². The first kappa shape index (κ1) is 13.9. The van der Waals surface area contributed by atoms with E-state index in [1.54, 1.807) is 24.3 Å². The number of nitrogens with two attached hydrogens (primary N) is 1. The lowest BCUT2D eigenvalue weighted by atomic mass is 10.2. The number of nitrogens with one attached hydrogen (secondary N) is 1. The molecule has 0 atom stereocenters. The smallest absolute Gasteiger partial charge is 0.251 e. The maximum Gasteiger partial charge on any atom is 0.251 e. The number of hydrogen-bond acceptors (Lipinski definition) is 4. The summed E-state index contributed by atoms with van der Waals surface area (Å²) in [6.07, 6.45) is 0. The monoisotopic (exact) mass is 317 g/mol. The molecule has 0 radical (unpaired) electrons. The molecule has 0 aliphatic heterocycles. The highest BCUT2D eigenvalue weighted by Crippen LogP contribution is 2.24. The quantitative estimate of drug-likeness (QED) is 0.777. The van der Waals surface area contributed by atoms with Gasteiger partial charge in [0, 0.05) is 17.1 Å². The Balaban J connectivity index is 1.76. The molecule has 0 aliphatic carbocycles. The fourth-order valence-electron chi connectivity index (χ4n) is 2.00. The molecule has 1 aromatic heterocycles. The lowest BCUT2D eigenvalue weighted by molar-refractivity contribution is 0.0951. The van der Waals surface area contributed by atoms with Gasteiger partial charge in [0.1, 0.15) is 0 Å². The first-order valence-corrected chi connectivity index (χ1v) is 7.50. The van der Waals surface area contributed by atoms with Gasteiger partial charge in [0.15, 0.2) is 5.13 Å². The van der Waals surface area contributed by atoms with Crippen molar-refractivity contribution in [1.29, 1.82) is 0 Å². The van der Waals surface area contributed by atoms with Gasteiger partial charge in [0.2, 0.25) is 0 Å². The van der Waals surface area contributed by atoms with Crippen molar-refractivity contribution in [3.8, 4) is 0 Å². The molecule has 0 spiro atoms. The molecule has 3 rings (SSSR count). The molecule has 4 nitrogen and oxygen atoms in total. The van der Waals surface area contributed by atoms with Gasteiger partial charge in [0.05, 0.1) is 10.2 Å². The lowest BCUT2D eigenvalue weighted by Crippen LogP contribution is -2.22. The van der Waals surface area contributed by atoms with Gasteiger partial charge in [-0.05, 0) is 29.8 Å². The zero-order valence-electron chi connectivity index (χ0n) is 11.0. The van der Waals surface area contributed by atoms with Gasteiger partial charge in [-0.2, -0.15) is 0 Å². The number of halogens is 1. The summed E-state index contributed by atoms with van der Waals surface area (Å²) in [4.78, 5) is 16.3. The van der Waals surface area contributed by atoms with Crippen LogP contribution in [-0.4, -0.2) is 10.9 Å². The Hall–Kier alpha value is -2.11. The number of carbonyl (C=O) groups is 1. The van der Waals surface area contributed by atoms with Crippen LogP contribution in [0.15, 0.2) is 42.5 Å². The number of thiazole rings is 1. The molecule has 0 fully saturated rings. The minimum Gasteiger partial charge on any atom is -0.375 e. The largest absolute Gasteiger partial charge is 0.375 e. The molecular formula is C15H12ClN3OS. The average molecular weight is 318 g/mol. The molecule has 0 saturated heterocycles. The Morgan fingerprint density at radius 1 is 1.29 bits per heavy atom. The minimum atomic E-state index is -0.149. The third-order valence-electron chi connectivity index (χ3n) is 3.06. The minimum absolute atomic E-state index is 0.149. The Labute approximate surface area is 130 Å². The molecule has 0 unspecified atom stereocenters. The van der Waals surface area contributed by atoms with Crippen LogP contribution in [0.1, 0.15) is 15.9 Å². The molecule has 0 bridgehead atoms. The van der Waals surface area contributed by atoms with Crippen molar-refractivity contribution in [3.63, 3.8) is 0 Å². The second-order valence-electron chi connectivity index (χ2n) is 4.51. The molecule has 6 heteroatoms. The Morgan fingerprint density at radius 2 is 2.10 bits per heavy atom. The number of fused-ring (bicyclic) bond motifs is 1. The molecular weight excluding hydrogens is 306 g/mol. The highest BCUT2D eigenvalue weighted by Gasteiger charge is 2.09. The lowest BCUT2D eigenvalue weighted by Gasteiger charge is -2.07. The molecule has 0 saturated carbocycles. The molecule has 0 aliphatic rings. The number of amides is 1. The Bertz CT molecular complexity index is 816. The second kappa shape index (κ2) is 5.71. The van der Waals surface area contributed by atoms with Gasteiger partial charge in [-0.25, -0.2) is 4.98 Å². The molecule has 1 amide bonds. The van der Waals surface area contributed by atoms with Crippen molar-refractivity contribution >= 4 is 44.2 Å². The van der Waals surface area contributed by atoms with Crippen LogP contribution < -0.4 is 11.1 Å². The van der Waals surface area contributed by atoms with Crippen LogP contribution in [0.5, 0.6) is 0 Å². The van der Waals surface area contributed by atoms with E-state index in [0.717, 1.165) is 15.8 Å². The highest BCUT2D eigenvalue weighted by atomic mass is 35.5. The molecule has 3 aromatic rings. The van der Waals surface area contributed by atoms with Crippen molar-refractivity contribution in [3.05, 3.63) is 58.6 Å². The normalized spacial score (nSPS) is 10.7. The first-order valence-electron chi connectivity index (χ1n) is 6.31. The second-order valence-corrected chi connectivity index (χ2v) is 5.98. The zero-order valence-corrected chi connectivity index (χ0v) is 12.5. The number of nitrogen functional groups attached to an aromatic ring is 1.